The van der Waals surface area contributed by atoms with E-state index in [1.807, 2.05) is 0 Å². The van der Waals surface area contributed by atoms with E-state index in [9.17, 15) is 64.1 Å². The molecule has 2 aromatic rings. The van der Waals surface area contributed by atoms with Gasteiger partial charge in [0.1, 0.15) is 36.0 Å². The number of hydrogen-bond donors (Lipinski definition) is 8. The number of nitro benzene ring substituents is 1. The maximum atomic E-state index is 13.9. The fraction of sp³-hybridized carbons (Fsp3) is 0.548. The number of phenolic OH excluding ortho intramolecular Hbond substituents is 2. The van der Waals surface area contributed by atoms with Crippen LogP contribution in [0.15, 0.2) is 30.3 Å². The molecule has 340 valence electrons. The van der Waals surface area contributed by atoms with Crippen molar-refractivity contribution < 1.29 is 58.9 Å². The lowest BCUT2D eigenvalue weighted by Crippen LogP contribution is -2.55. The van der Waals surface area contributed by atoms with E-state index >= 15 is 0 Å². The number of aliphatic hydroxyl groups is 1. The number of likely N-dealkylation sites (N-methyl/N-ethyl adjacent to an activating group) is 2. The van der Waals surface area contributed by atoms with Crippen molar-refractivity contribution in [2.24, 2.45) is 5.92 Å². The second kappa shape index (κ2) is 23.1. The Labute approximate surface area is 359 Å². The number of aliphatic carboxylic acids is 1. The van der Waals surface area contributed by atoms with Crippen molar-refractivity contribution in [3.05, 3.63) is 51.6 Å². The van der Waals surface area contributed by atoms with Gasteiger partial charge in [-0.2, -0.15) is 0 Å². The predicted octanol–water partition coefficient (Wildman–Crippen LogP) is 2.02. The summed E-state index contributed by atoms with van der Waals surface area (Å²) in [6, 6.07) is -1.53. The van der Waals surface area contributed by atoms with Gasteiger partial charge in [0.2, 0.25) is 41.2 Å². The Morgan fingerprint density at radius 2 is 1.53 bits per heavy atom. The first-order valence-electron chi connectivity index (χ1n) is 20.6. The van der Waals surface area contributed by atoms with E-state index in [0.717, 1.165) is 47.6 Å². The number of carboxylic acid groups (broad SMARTS) is 1. The smallest absolute Gasteiger partial charge is 0.326 e. The first kappa shape index (κ1) is 50.0. The zero-order chi connectivity index (χ0) is 46.4. The summed E-state index contributed by atoms with van der Waals surface area (Å²) in [5.41, 5.74) is -1.39. The molecule has 0 radical (unpaired) electrons. The second-order valence-electron chi connectivity index (χ2n) is 16.0. The molecule has 1 heterocycles. The number of aromatic hydroxyl groups is 2. The summed E-state index contributed by atoms with van der Waals surface area (Å²) in [5, 5.41) is 63.1. The van der Waals surface area contributed by atoms with Crippen molar-refractivity contribution in [3.63, 3.8) is 0 Å². The molecule has 2 aromatic carbocycles. The fourth-order valence-electron chi connectivity index (χ4n) is 6.95. The van der Waals surface area contributed by atoms with Crippen LogP contribution in [0, 0.1) is 16.0 Å². The van der Waals surface area contributed by atoms with Gasteiger partial charge in [0, 0.05) is 44.1 Å². The van der Waals surface area contributed by atoms with Crippen LogP contribution in [0.3, 0.4) is 0 Å². The van der Waals surface area contributed by atoms with Crippen LogP contribution in [0.2, 0.25) is 0 Å². The molecule has 4 bridgehead atoms. The zero-order valence-electron chi connectivity index (χ0n) is 35.9. The third-order valence-corrected chi connectivity index (χ3v) is 10.7. The van der Waals surface area contributed by atoms with Crippen LogP contribution < -0.4 is 21.3 Å². The molecule has 1 aliphatic heterocycles. The molecule has 5 atom stereocenters. The minimum atomic E-state index is -1.65. The lowest BCUT2D eigenvalue weighted by molar-refractivity contribution is -0.385. The number of nitrogens with zero attached hydrogens (tertiary/aromatic N) is 3. The van der Waals surface area contributed by atoms with E-state index in [4.69, 9.17) is 0 Å². The number of nitro groups is 1. The highest BCUT2D eigenvalue weighted by Gasteiger charge is 2.35. The van der Waals surface area contributed by atoms with Gasteiger partial charge in [-0.3, -0.25) is 38.9 Å². The number of carboxylic acids is 1. The molecule has 0 aliphatic carbocycles. The third kappa shape index (κ3) is 13.6. The number of benzene rings is 2. The average Bonchev–Trinajstić information content (AvgIpc) is 3.20. The first-order valence-corrected chi connectivity index (χ1v) is 20.6. The van der Waals surface area contributed by atoms with E-state index in [1.165, 1.54) is 59.0 Å². The molecule has 0 spiro atoms. The Balaban J connectivity index is 1.77. The van der Waals surface area contributed by atoms with Crippen LogP contribution in [0.1, 0.15) is 96.2 Å². The minimum absolute atomic E-state index is 0.00276. The molecule has 20 heteroatoms. The van der Waals surface area contributed by atoms with Gasteiger partial charge in [0.25, 0.3) is 0 Å². The summed E-state index contributed by atoms with van der Waals surface area (Å²) in [5.74, 6) is -7.03. The van der Waals surface area contributed by atoms with E-state index in [2.05, 4.69) is 35.1 Å². The molecule has 8 N–H and O–H groups in total. The molecule has 6 amide bonds. The molecule has 62 heavy (non-hydrogen) atoms. The SMILES string of the molecule is CC(C)CCCCCCCCC(=O)N(C)[C@H](CO)C(=O)N[C@H](C)C(=O)NCC(=O)N(C)[C@H]1C(=O)N[C@@H](C)C(=O)N[C@@H](C(=O)O)Cc2cc(c(O)c([N+](=O)[O-])c2)-c2cc1ccc2O. The number of nitrogens with one attached hydrogen (secondary N) is 4. The molecule has 20 nitrogen and oxygen atoms in total. The van der Waals surface area contributed by atoms with Gasteiger partial charge in [-0.25, -0.2) is 4.79 Å². The lowest BCUT2D eigenvalue weighted by Gasteiger charge is -2.30. The predicted molar refractivity (Wildman–Crippen MR) is 224 cm³/mol. The molecule has 0 saturated carbocycles. The first-order chi connectivity index (χ1) is 29.2. The Hall–Kier alpha value is -6.31. The molecule has 0 saturated heterocycles. The van der Waals surface area contributed by atoms with E-state index in [0.29, 0.717) is 12.3 Å². The molecular formula is C42H59N7O13. The van der Waals surface area contributed by atoms with Crippen molar-refractivity contribution in [1.82, 2.24) is 31.1 Å². The lowest BCUT2D eigenvalue weighted by atomic mass is 9.93. The van der Waals surface area contributed by atoms with Gasteiger partial charge < -0.3 is 51.5 Å². The molecule has 1 aliphatic rings. The molecule has 3 rings (SSSR count). The number of rotatable bonds is 19. The van der Waals surface area contributed by atoms with Gasteiger partial charge in [-0.1, -0.05) is 58.4 Å². The van der Waals surface area contributed by atoms with Crippen LogP contribution in [0.25, 0.3) is 11.1 Å². The summed E-state index contributed by atoms with van der Waals surface area (Å²) >= 11 is 0. The summed E-state index contributed by atoms with van der Waals surface area (Å²) in [7, 11) is 2.58. The quantitative estimate of drug-likeness (QED) is 0.0570. The average molecular weight is 870 g/mol. The van der Waals surface area contributed by atoms with Crippen LogP contribution in [0.4, 0.5) is 5.69 Å². The number of carbonyl (C=O) groups excluding carboxylic acids is 6. The second-order valence-corrected chi connectivity index (χ2v) is 16.0. The van der Waals surface area contributed by atoms with Crippen LogP contribution in [-0.2, 0) is 40.0 Å². The highest BCUT2D eigenvalue weighted by atomic mass is 16.6. The minimum Gasteiger partial charge on any atom is -0.507 e. The van der Waals surface area contributed by atoms with Crippen molar-refractivity contribution in [2.45, 2.75) is 116 Å². The number of aliphatic hydroxyl groups excluding tert-OH is 1. The largest absolute Gasteiger partial charge is 0.507 e. The number of unbranched alkanes of at least 4 members (excludes halogenated alkanes) is 5. The Bertz CT molecular complexity index is 1990. The van der Waals surface area contributed by atoms with Crippen molar-refractivity contribution in [1.29, 1.82) is 0 Å². The van der Waals surface area contributed by atoms with E-state index in [-0.39, 0.29) is 34.6 Å². The highest BCUT2D eigenvalue weighted by molar-refractivity contribution is 5.96. The summed E-state index contributed by atoms with van der Waals surface area (Å²) < 4.78 is 0. The number of amides is 6. The van der Waals surface area contributed by atoms with Gasteiger partial charge in [0.05, 0.1) is 18.1 Å². The maximum absolute atomic E-state index is 13.9. The summed E-state index contributed by atoms with van der Waals surface area (Å²) in [6.07, 6.45) is 6.70. The van der Waals surface area contributed by atoms with Crippen LogP contribution in [0.5, 0.6) is 11.5 Å². The Kier molecular flexibility index (Phi) is 18.6. The standard InChI is InChI=1S/C42H59N7O13/c1-23(2)13-11-9-7-8-10-12-14-34(52)47(5)32(22-50)40(57)44-24(3)38(55)43-21-35(53)48(6)36-27-15-16-33(51)28(20-27)29-17-26(19-31(37(29)54)49(61)62)18-30(42(59)60)46-39(56)25(4)45-41(36)58/h15-17,19-20,23-25,30,32,36,50-51,54H,7-14,18,21-22H2,1-6H3,(H,43,55)(H,44,57)(H,45,58)(H,46,56)(H,59,60)/t24-,25+,30-,32-,36-/m1/s1. The van der Waals surface area contributed by atoms with Gasteiger partial charge in [0.15, 0.2) is 0 Å². The highest BCUT2D eigenvalue weighted by Crippen LogP contribution is 2.43. The van der Waals surface area contributed by atoms with Gasteiger partial charge >= 0.3 is 11.7 Å². The Morgan fingerprint density at radius 1 is 0.887 bits per heavy atom. The maximum Gasteiger partial charge on any atom is 0.326 e. The van der Waals surface area contributed by atoms with Gasteiger partial charge in [-0.05, 0) is 55.5 Å². The third-order valence-electron chi connectivity index (χ3n) is 10.7. The fourth-order valence-corrected chi connectivity index (χ4v) is 6.95. The van der Waals surface area contributed by atoms with E-state index < -0.39 is 107 Å². The van der Waals surface area contributed by atoms with Crippen LogP contribution >= 0.6 is 0 Å². The molecule has 0 aromatic heterocycles. The van der Waals surface area contributed by atoms with Crippen LogP contribution in [-0.4, -0.2) is 128 Å². The molecule has 0 unspecified atom stereocenters. The number of fused-ring (bicyclic) bond motifs is 5. The van der Waals surface area contributed by atoms with E-state index in [1.54, 1.807) is 0 Å². The normalized spacial score (nSPS) is 17.4. The monoisotopic (exact) mass is 869 g/mol. The van der Waals surface area contributed by atoms with Crippen molar-refractivity contribution in [3.8, 4) is 22.6 Å². The number of carbonyl (C=O) groups is 7. The van der Waals surface area contributed by atoms with Gasteiger partial charge in [-0.15, -0.1) is 0 Å². The summed E-state index contributed by atoms with van der Waals surface area (Å²) in [4.78, 5) is 105. The molecular weight excluding hydrogens is 810 g/mol. The van der Waals surface area contributed by atoms with Crippen molar-refractivity contribution >= 4 is 47.1 Å². The topological polar surface area (TPSA) is 298 Å². The summed E-state index contributed by atoms with van der Waals surface area (Å²) in [6.45, 7) is 5.51. The number of hydrogen-bond acceptors (Lipinski definition) is 12. The molecule has 0 fully saturated rings. The Morgan fingerprint density at radius 3 is 2.15 bits per heavy atom. The van der Waals surface area contributed by atoms with Crippen molar-refractivity contribution in [2.75, 3.05) is 27.2 Å². The number of phenols is 2. The zero-order valence-corrected chi connectivity index (χ0v) is 35.9.